The van der Waals surface area contributed by atoms with Crippen LogP contribution in [0.3, 0.4) is 0 Å². The molecule has 0 aromatic heterocycles. The molecule has 3 amide bonds. The van der Waals surface area contributed by atoms with Gasteiger partial charge in [-0.1, -0.05) is 12.1 Å². The summed E-state index contributed by atoms with van der Waals surface area (Å²) in [6.07, 6.45) is 0.989. The van der Waals surface area contributed by atoms with Crippen LogP contribution in [0.5, 0.6) is 0 Å². The van der Waals surface area contributed by atoms with Gasteiger partial charge in [0.15, 0.2) is 0 Å². The summed E-state index contributed by atoms with van der Waals surface area (Å²) in [5.74, 6) is -1.49. The lowest BCUT2D eigenvalue weighted by atomic mass is 9.96. The van der Waals surface area contributed by atoms with E-state index in [2.05, 4.69) is 10.6 Å². The zero-order valence-corrected chi connectivity index (χ0v) is 18.7. The van der Waals surface area contributed by atoms with Gasteiger partial charge in [-0.25, -0.2) is 8.42 Å². The number of sulfonamides is 1. The van der Waals surface area contributed by atoms with E-state index >= 15 is 0 Å². The lowest BCUT2D eigenvalue weighted by Crippen LogP contribution is -2.68. The van der Waals surface area contributed by atoms with E-state index in [0.29, 0.717) is 6.54 Å². The molecule has 1 heterocycles. The molecule has 1 aliphatic rings. The Morgan fingerprint density at radius 3 is 2.30 bits per heavy atom. The third-order valence-electron chi connectivity index (χ3n) is 5.22. The molecular weight excluding hydrogens is 410 g/mol. The maximum absolute atomic E-state index is 12.7. The van der Waals surface area contributed by atoms with E-state index in [1.807, 2.05) is 43.3 Å². The van der Waals surface area contributed by atoms with Crippen molar-refractivity contribution in [1.82, 2.24) is 19.8 Å². The van der Waals surface area contributed by atoms with E-state index in [1.165, 1.54) is 18.9 Å². The second-order valence-electron chi connectivity index (χ2n) is 7.78. The van der Waals surface area contributed by atoms with Gasteiger partial charge in [-0.05, 0) is 24.6 Å². The second kappa shape index (κ2) is 9.00. The molecule has 2 rings (SSSR count). The highest BCUT2D eigenvalue weighted by atomic mass is 32.2. The smallest absolute Gasteiger partial charge is 0.247 e. The van der Waals surface area contributed by atoms with Crippen molar-refractivity contribution in [3.8, 4) is 0 Å². The molecule has 30 heavy (non-hydrogen) atoms. The van der Waals surface area contributed by atoms with Gasteiger partial charge in [-0.2, -0.15) is 4.31 Å². The third kappa shape index (κ3) is 5.48. The fourth-order valence-electron chi connectivity index (χ4n) is 3.02. The Morgan fingerprint density at radius 2 is 1.77 bits per heavy atom. The van der Waals surface area contributed by atoms with E-state index in [1.54, 1.807) is 0 Å². The molecule has 0 spiro atoms. The number of rotatable bonds is 7. The Balaban J connectivity index is 1.93. The fourth-order valence-corrected chi connectivity index (χ4v) is 3.85. The second-order valence-corrected chi connectivity index (χ2v) is 9.76. The fraction of sp³-hybridized carbons (Fsp3) is 0.526. The molecule has 1 aromatic rings. The maximum Gasteiger partial charge on any atom is 0.247 e. The minimum atomic E-state index is -3.64. The molecule has 1 atom stereocenters. The van der Waals surface area contributed by atoms with Gasteiger partial charge in [0.2, 0.25) is 27.7 Å². The molecule has 0 radical (unpaired) electrons. The average Bonchev–Trinajstić information content (AvgIpc) is 2.67. The Bertz CT molecular complexity index is 916. The molecule has 11 heteroatoms. The first-order valence-electron chi connectivity index (χ1n) is 9.37. The number of nitrogens with zero attached hydrogens (tertiary/aromatic N) is 3. The molecule has 2 N–H and O–H groups in total. The highest BCUT2D eigenvalue weighted by Gasteiger charge is 2.47. The van der Waals surface area contributed by atoms with Crippen molar-refractivity contribution >= 4 is 33.4 Å². The van der Waals surface area contributed by atoms with Gasteiger partial charge in [0, 0.05) is 39.9 Å². The Hall–Kier alpha value is -2.66. The summed E-state index contributed by atoms with van der Waals surface area (Å²) < 4.78 is 24.7. The molecule has 0 bridgehead atoms. The van der Waals surface area contributed by atoms with Crippen LogP contribution in [0, 0.1) is 0 Å². The molecule has 1 aromatic carbocycles. The highest BCUT2D eigenvalue weighted by molar-refractivity contribution is 7.88. The molecule has 1 saturated heterocycles. The van der Waals surface area contributed by atoms with Gasteiger partial charge in [-0.3, -0.25) is 14.4 Å². The van der Waals surface area contributed by atoms with E-state index in [9.17, 15) is 22.8 Å². The van der Waals surface area contributed by atoms with Crippen LogP contribution in [-0.4, -0.2) is 87.9 Å². The quantitative estimate of drug-likeness (QED) is 0.561. The summed E-state index contributed by atoms with van der Waals surface area (Å²) in [5, 5.41) is 5.22. The monoisotopic (exact) mass is 439 g/mol. The average molecular weight is 440 g/mol. The molecule has 10 nitrogen and oxygen atoms in total. The first kappa shape index (κ1) is 23.6. The van der Waals surface area contributed by atoms with Gasteiger partial charge in [0.25, 0.3) is 0 Å². The molecule has 1 fully saturated rings. The topological polar surface area (TPSA) is 119 Å². The minimum absolute atomic E-state index is 0.181. The Labute approximate surface area is 177 Å². The first-order chi connectivity index (χ1) is 13.8. The zero-order chi connectivity index (χ0) is 22.7. The van der Waals surface area contributed by atoms with Crippen LogP contribution in [0.25, 0.3) is 0 Å². The normalized spacial score (nSPS) is 20.0. The van der Waals surface area contributed by atoms with Crippen LogP contribution in [-0.2, 0) is 31.0 Å². The van der Waals surface area contributed by atoms with Crippen molar-refractivity contribution in [2.45, 2.75) is 19.0 Å². The molecule has 166 valence electrons. The number of amides is 3. The largest absolute Gasteiger partial charge is 0.378 e. The molecular formula is C19H29N5O5S. The molecule has 1 aliphatic heterocycles. The number of hydrogen-bond donors (Lipinski definition) is 2. The summed E-state index contributed by atoms with van der Waals surface area (Å²) in [6.45, 7) is 0.998. The van der Waals surface area contributed by atoms with Crippen molar-refractivity contribution in [2.24, 2.45) is 0 Å². The van der Waals surface area contributed by atoms with Crippen LogP contribution in [0.2, 0.25) is 0 Å². The van der Waals surface area contributed by atoms with Crippen LogP contribution >= 0.6 is 0 Å². The number of hydrogen-bond acceptors (Lipinski definition) is 6. The third-order valence-corrected chi connectivity index (χ3v) is 6.42. The van der Waals surface area contributed by atoms with Crippen molar-refractivity contribution in [2.75, 3.05) is 51.9 Å². The van der Waals surface area contributed by atoms with Crippen molar-refractivity contribution in [1.29, 1.82) is 0 Å². The number of benzene rings is 1. The maximum atomic E-state index is 12.7. The zero-order valence-electron chi connectivity index (χ0n) is 17.9. The number of nitrogens with one attached hydrogen (secondary N) is 2. The van der Waals surface area contributed by atoms with Gasteiger partial charge in [0.05, 0.1) is 19.3 Å². The summed E-state index contributed by atoms with van der Waals surface area (Å²) in [5.41, 5.74) is 0.536. The van der Waals surface area contributed by atoms with Crippen LogP contribution in [0.1, 0.15) is 12.5 Å². The first-order valence-corrected chi connectivity index (χ1v) is 11.2. The summed E-state index contributed by atoms with van der Waals surface area (Å²) >= 11 is 0. The predicted octanol–water partition coefficient (Wildman–Crippen LogP) is -1.02. The van der Waals surface area contributed by atoms with Crippen molar-refractivity contribution in [3.63, 3.8) is 0 Å². The molecule has 0 aliphatic carbocycles. The van der Waals surface area contributed by atoms with Crippen LogP contribution in [0.4, 0.5) is 5.69 Å². The number of carbonyl (C=O) groups is 3. The number of likely N-dealkylation sites (N-methyl/N-ethyl adjacent to an activating group) is 1. The SMILES string of the molecule is CN(C)c1ccc(CNC(=O)CNC(=O)C2(C)CN(S(C)(=O)=O)CC(=O)N2C)cc1. The molecule has 1 unspecified atom stereocenters. The van der Waals surface area contributed by atoms with Gasteiger partial charge in [-0.15, -0.1) is 0 Å². The van der Waals surface area contributed by atoms with E-state index in [0.717, 1.165) is 21.8 Å². The Morgan fingerprint density at radius 1 is 1.17 bits per heavy atom. The molecule has 0 saturated carbocycles. The van der Waals surface area contributed by atoms with E-state index in [4.69, 9.17) is 0 Å². The lowest BCUT2D eigenvalue weighted by molar-refractivity contribution is -0.150. The van der Waals surface area contributed by atoms with E-state index < -0.39 is 33.3 Å². The van der Waals surface area contributed by atoms with Crippen molar-refractivity contribution < 1.29 is 22.8 Å². The highest BCUT2D eigenvalue weighted by Crippen LogP contribution is 2.22. The number of piperazine rings is 1. The van der Waals surface area contributed by atoms with E-state index in [-0.39, 0.29) is 19.6 Å². The summed E-state index contributed by atoms with van der Waals surface area (Å²) in [7, 11) is 1.67. The van der Waals surface area contributed by atoms with Crippen LogP contribution < -0.4 is 15.5 Å². The predicted molar refractivity (Wildman–Crippen MR) is 113 cm³/mol. The minimum Gasteiger partial charge on any atom is -0.378 e. The number of anilines is 1. The summed E-state index contributed by atoms with van der Waals surface area (Å²) in [4.78, 5) is 40.2. The standard InChI is InChI=1S/C19H29N5O5S/c1-19(13-24(30(5,28)29)12-17(26)23(19)4)18(27)21-11-16(25)20-10-14-6-8-15(9-7-14)22(2)3/h6-9H,10-13H2,1-5H3,(H,20,25)(H,21,27). The van der Waals surface area contributed by atoms with Gasteiger partial charge in [0.1, 0.15) is 5.54 Å². The Kier molecular flexibility index (Phi) is 7.09. The lowest BCUT2D eigenvalue weighted by Gasteiger charge is -2.44. The van der Waals surface area contributed by atoms with Gasteiger partial charge >= 0.3 is 0 Å². The van der Waals surface area contributed by atoms with Crippen molar-refractivity contribution in [3.05, 3.63) is 29.8 Å². The van der Waals surface area contributed by atoms with Gasteiger partial charge < -0.3 is 20.4 Å². The summed E-state index contributed by atoms with van der Waals surface area (Å²) in [6, 6.07) is 7.68. The van der Waals surface area contributed by atoms with Crippen LogP contribution in [0.15, 0.2) is 24.3 Å². The number of carbonyl (C=O) groups excluding carboxylic acids is 3.